The normalized spacial score (nSPS) is 14.6. The van der Waals surface area contributed by atoms with Crippen molar-refractivity contribution in [3.8, 4) is 5.75 Å². The second kappa shape index (κ2) is 9.16. The van der Waals surface area contributed by atoms with Gasteiger partial charge in [-0.25, -0.2) is 0 Å². The molecule has 0 radical (unpaired) electrons. The molecule has 2 aromatic rings. The van der Waals surface area contributed by atoms with Crippen LogP contribution in [0.15, 0.2) is 48.8 Å². The topological polar surface area (TPSA) is 71.5 Å². The number of carbonyl (C=O) groups is 2. The van der Waals surface area contributed by atoms with Gasteiger partial charge in [0.05, 0.1) is 19.1 Å². The van der Waals surface area contributed by atoms with Gasteiger partial charge in [-0.1, -0.05) is 18.2 Å². The largest absolute Gasteiger partial charge is 0.496 e. The maximum atomic E-state index is 12.4. The third-order valence-corrected chi connectivity index (χ3v) is 4.94. The molecule has 0 bridgehead atoms. The summed E-state index contributed by atoms with van der Waals surface area (Å²) in [7, 11) is 1.61. The minimum absolute atomic E-state index is 0.00614. The van der Waals surface area contributed by atoms with E-state index in [9.17, 15) is 9.59 Å². The summed E-state index contributed by atoms with van der Waals surface area (Å²) in [5.74, 6) is 1.15. The van der Waals surface area contributed by atoms with Crippen molar-refractivity contribution in [2.45, 2.75) is 19.3 Å². The number of aromatic nitrogens is 1. The number of pyridine rings is 1. The number of hydrogen-bond acceptors (Lipinski definition) is 4. The smallest absolute Gasteiger partial charge is 0.255 e. The van der Waals surface area contributed by atoms with Crippen molar-refractivity contribution in [2.75, 3.05) is 26.7 Å². The summed E-state index contributed by atoms with van der Waals surface area (Å²) in [6.45, 7) is 2.06. The zero-order valence-electron chi connectivity index (χ0n) is 15.6. The quantitative estimate of drug-likeness (QED) is 0.850. The van der Waals surface area contributed by atoms with Gasteiger partial charge in [-0.2, -0.15) is 0 Å². The van der Waals surface area contributed by atoms with Gasteiger partial charge < -0.3 is 15.0 Å². The number of likely N-dealkylation sites (tertiary alicyclic amines) is 1. The first-order valence-electron chi connectivity index (χ1n) is 9.25. The van der Waals surface area contributed by atoms with E-state index < -0.39 is 0 Å². The van der Waals surface area contributed by atoms with Gasteiger partial charge in [0.25, 0.3) is 5.91 Å². The summed E-state index contributed by atoms with van der Waals surface area (Å²) in [6.07, 6.45) is 5.35. The third kappa shape index (κ3) is 5.06. The Balaban J connectivity index is 1.43. The number of methoxy groups -OCH3 is 1. The summed E-state index contributed by atoms with van der Waals surface area (Å²) in [6, 6.07) is 11.1. The minimum Gasteiger partial charge on any atom is -0.496 e. The molecule has 0 spiro atoms. The Kier molecular flexibility index (Phi) is 6.41. The van der Waals surface area contributed by atoms with Gasteiger partial charge in [-0.05, 0) is 37.0 Å². The predicted octanol–water partition coefficient (Wildman–Crippen LogP) is 2.30. The van der Waals surface area contributed by atoms with Gasteiger partial charge in [0.2, 0.25) is 5.91 Å². The molecule has 27 heavy (non-hydrogen) atoms. The number of hydrogen-bond donors (Lipinski definition) is 1. The fraction of sp³-hybridized carbons (Fsp3) is 0.381. The Morgan fingerprint density at radius 2 is 1.96 bits per heavy atom. The second-order valence-corrected chi connectivity index (χ2v) is 6.77. The number of nitrogens with one attached hydrogen (secondary N) is 1. The monoisotopic (exact) mass is 367 g/mol. The molecule has 0 unspecified atom stereocenters. The molecule has 2 heterocycles. The van der Waals surface area contributed by atoms with Crippen LogP contribution in [-0.2, 0) is 11.2 Å². The first kappa shape index (κ1) is 18.9. The average molecular weight is 367 g/mol. The molecule has 0 aliphatic carbocycles. The van der Waals surface area contributed by atoms with E-state index in [-0.39, 0.29) is 11.8 Å². The molecule has 0 atom stereocenters. The van der Waals surface area contributed by atoms with Crippen molar-refractivity contribution in [3.05, 3.63) is 59.9 Å². The van der Waals surface area contributed by atoms with Crippen LogP contribution in [-0.4, -0.2) is 48.4 Å². The third-order valence-electron chi connectivity index (χ3n) is 4.94. The molecule has 1 N–H and O–H groups in total. The summed E-state index contributed by atoms with van der Waals surface area (Å²) in [4.78, 5) is 30.6. The Bertz CT molecular complexity index is 771. The minimum atomic E-state index is -0.00614. The SMILES string of the molecule is COc1ccccc1CC(=O)NCC1CCN(C(=O)c2cccnc2)CC1. The molecule has 3 rings (SSSR count). The van der Waals surface area contributed by atoms with E-state index in [1.807, 2.05) is 29.2 Å². The number of nitrogens with zero attached hydrogens (tertiary/aromatic N) is 2. The summed E-state index contributed by atoms with van der Waals surface area (Å²) in [5.41, 5.74) is 1.51. The van der Waals surface area contributed by atoms with Crippen LogP contribution in [0.25, 0.3) is 0 Å². The van der Waals surface area contributed by atoms with Crippen LogP contribution in [0.1, 0.15) is 28.8 Å². The first-order valence-corrected chi connectivity index (χ1v) is 9.25. The van der Waals surface area contributed by atoms with E-state index in [4.69, 9.17) is 4.74 Å². The van der Waals surface area contributed by atoms with Crippen molar-refractivity contribution >= 4 is 11.8 Å². The number of para-hydroxylation sites is 1. The molecule has 1 aliphatic rings. The fourth-order valence-electron chi connectivity index (χ4n) is 3.35. The molecule has 6 heteroatoms. The second-order valence-electron chi connectivity index (χ2n) is 6.77. The molecule has 1 aromatic carbocycles. The van der Waals surface area contributed by atoms with E-state index in [0.717, 1.165) is 24.2 Å². The van der Waals surface area contributed by atoms with E-state index >= 15 is 0 Å². The standard InChI is InChI=1S/C21H25N3O3/c1-27-19-7-3-2-5-17(19)13-20(25)23-14-16-8-11-24(12-9-16)21(26)18-6-4-10-22-15-18/h2-7,10,15-16H,8-9,11-14H2,1H3,(H,23,25). The number of carbonyl (C=O) groups excluding carboxylic acids is 2. The van der Waals surface area contributed by atoms with Crippen LogP contribution < -0.4 is 10.1 Å². The molecule has 2 amide bonds. The Labute approximate surface area is 159 Å². The van der Waals surface area contributed by atoms with Gasteiger partial charge in [0.1, 0.15) is 5.75 Å². The number of rotatable bonds is 6. The molecule has 6 nitrogen and oxygen atoms in total. The van der Waals surface area contributed by atoms with Crippen LogP contribution in [0.2, 0.25) is 0 Å². The lowest BCUT2D eigenvalue weighted by atomic mass is 9.96. The van der Waals surface area contributed by atoms with Gasteiger partial charge in [-0.3, -0.25) is 14.6 Å². The van der Waals surface area contributed by atoms with E-state index in [0.29, 0.717) is 37.5 Å². The Morgan fingerprint density at radius 1 is 1.19 bits per heavy atom. The predicted molar refractivity (Wildman–Crippen MR) is 103 cm³/mol. The molecular formula is C21H25N3O3. The van der Waals surface area contributed by atoms with Crippen LogP contribution >= 0.6 is 0 Å². The zero-order valence-corrected chi connectivity index (χ0v) is 15.6. The molecular weight excluding hydrogens is 342 g/mol. The highest BCUT2D eigenvalue weighted by atomic mass is 16.5. The van der Waals surface area contributed by atoms with Gasteiger partial charge in [0, 0.05) is 37.6 Å². The number of benzene rings is 1. The lowest BCUT2D eigenvalue weighted by Crippen LogP contribution is -2.41. The van der Waals surface area contributed by atoms with Crippen molar-refractivity contribution < 1.29 is 14.3 Å². The zero-order chi connectivity index (χ0) is 19.1. The summed E-state index contributed by atoms with van der Waals surface area (Å²) < 4.78 is 5.29. The fourth-order valence-corrected chi connectivity index (χ4v) is 3.35. The molecule has 142 valence electrons. The van der Waals surface area contributed by atoms with Crippen LogP contribution in [0, 0.1) is 5.92 Å². The van der Waals surface area contributed by atoms with E-state index in [2.05, 4.69) is 10.3 Å². The Hall–Kier alpha value is -2.89. The number of piperidine rings is 1. The van der Waals surface area contributed by atoms with E-state index in [1.165, 1.54) is 0 Å². The molecule has 1 aliphatic heterocycles. The number of ether oxygens (including phenoxy) is 1. The lowest BCUT2D eigenvalue weighted by Gasteiger charge is -2.32. The van der Waals surface area contributed by atoms with Crippen LogP contribution in [0.5, 0.6) is 5.75 Å². The molecule has 0 saturated carbocycles. The van der Waals surface area contributed by atoms with Gasteiger partial charge >= 0.3 is 0 Å². The van der Waals surface area contributed by atoms with Crippen molar-refractivity contribution in [1.29, 1.82) is 0 Å². The van der Waals surface area contributed by atoms with E-state index in [1.54, 1.807) is 31.6 Å². The highest BCUT2D eigenvalue weighted by Crippen LogP contribution is 2.19. The summed E-state index contributed by atoms with van der Waals surface area (Å²) >= 11 is 0. The average Bonchev–Trinajstić information content (AvgIpc) is 2.73. The first-order chi connectivity index (χ1) is 13.2. The highest BCUT2D eigenvalue weighted by molar-refractivity contribution is 5.93. The maximum absolute atomic E-state index is 12.4. The molecule has 1 saturated heterocycles. The van der Waals surface area contributed by atoms with Crippen molar-refractivity contribution in [3.63, 3.8) is 0 Å². The van der Waals surface area contributed by atoms with Gasteiger partial charge in [-0.15, -0.1) is 0 Å². The van der Waals surface area contributed by atoms with Crippen LogP contribution in [0.4, 0.5) is 0 Å². The summed E-state index contributed by atoms with van der Waals surface area (Å²) in [5, 5.41) is 3.02. The lowest BCUT2D eigenvalue weighted by molar-refractivity contribution is -0.120. The van der Waals surface area contributed by atoms with Crippen molar-refractivity contribution in [1.82, 2.24) is 15.2 Å². The molecule has 1 fully saturated rings. The highest BCUT2D eigenvalue weighted by Gasteiger charge is 2.24. The molecule has 1 aromatic heterocycles. The Morgan fingerprint density at radius 3 is 2.67 bits per heavy atom. The van der Waals surface area contributed by atoms with Gasteiger partial charge in [0.15, 0.2) is 0 Å². The maximum Gasteiger partial charge on any atom is 0.255 e. The van der Waals surface area contributed by atoms with Crippen molar-refractivity contribution in [2.24, 2.45) is 5.92 Å². The number of amides is 2. The van der Waals surface area contributed by atoms with Crippen LogP contribution in [0.3, 0.4) is 0 Å².